The Hall–Kier alpha value is -3.59. The zero-order valence-corrected chi connectivity index (χ0v) is 20.5. The number of hydrogen-bond donors (Lipinski definition) is 1. The molecular formula is C29H28ClN5. The summed E-state index contributed by atoms with van der Waals surface area (Å²) >= 11 is 6.23. The Labute approximate surface area is 211 Å². The van der Waals surface area contributed by atoms with Gasteiger partial charge in [-0.2, -0.15) is 5.26 Å². The van der Waals surface area contributed by atoms with Gasteiger partial charge in [-0.25, -0.2) is 4.98 Å². The van der Waals surface area contributed by atoms with Crippen molar-refractivity contribution in [3.8, 4) is 6.07 Å². The minimum absolute atomic E-state index is 0.182. The van der Waals surface area contributed by atoms with Crippen molar-refractivity contribution in [3.05, 3.63) is 118 Å². The van der Waals surface area contributed by atoms with E-state index in [9.17, 15) is 0 Å². The lowest BCUT2D eigenvalue weighted by atomic mass is 9.99. The highest BCUT2D eigenvalue weighted by Crippen LogP contribution is 2.30. The van der Waals surface area contributed by atoms with Crippen molar-refractivity contribution in [2.45, 2.75) is 32.5 Å². The summed E-state index contributed by atoms with van der Waals surface area (Å²) in [5.74, 6) is 0. The van der Waals surface area contributed by atoms with Crippen LogP contribution in [0.25, 0.3) is 0 Å². The van der Waals surface area contributed by atoms with Crippen LogP contribution in [0.4, 0.5) is 5.69 Å². The first-order chi connectivity index (χ1) is 17.1. The monoisotopic (exact) mass is 481 g/mol. The molecule has 4 aromatic rings. The summed E-state index contributed by atoms with van der Waals surface area (Å²) in [6, 6.07) is 25.0. The maximum absolute atomic E-state index is 9.05. The fraction of sp³-hybridized carbons (Fsp3) is 0.241. The van der Waals surface area contributed by atoms with Crippen LogP contribution < -0.4 is 10.2 Å². The molecule has 35 heavy (non-hydrogen) atoms. The standard InChI is InChI=1S/C29H28ClN5/c1-21-14-25(30)10-11-29(21)34-13-12-24-4-2-3-5-27(24)28(19-34)33-17-26-16-32-20-35(26)18-23-8-6-22(15-31)7-9-23/h2-11,14,16,20,28,33H,12-13,17-19H2,1H3. The molecule has 1 aliphatic heterocycles. The Kier molecular flexibility index (Phi) is 6.85. The first-order valence-corrected chi connectivity index (χ1v) is 12.3. The molecule has 0 saturated carbocycles. The van der Waals surface area contributed by atoms with Crippen LogP contribution in [0.5, 0.6) is 0 Å². The number of rotatable bonds is 6. The number of aryl methyl sites for hydroxylation is 1. The van der Waals surface area contributed by atoms with Crippen LogP contribution in [-0.4, -0.2) is 22.6 Å². The third-order valence-electron chi connectivity index (χ3n) is 6.75. The van der Waals surface area contributed by atoms with Crippen molar-refractivity contribution in [1.82, 2.24) is 14.9 Å². The molecule has 1 unspecified atom stereocenters. The molecule has 0 fully saturated rings. The van der Waals surface area contributed by atoms with Gasteiger partial charge in [0.05, 0.1) is 29.7 Å². The lowest BCUT2D eigenvalue weighted by molar-refractivity contribution is 0.516. The van der Waals surface area contributed by atoms with Crippen molar-refractivity contribution in [2.24, 2.45) is 0 Å². The molecule has 0 spiro atoms. The van der Waals surface area contributed by atoms with Crippen molar-refractivity contribution in [1.29, 1.82) is 5.26 Å². The summed E-state index contributed by atoms with van der Waals surface area (Å²) in [6.45, 7) is 5.41. The third kappa shape index (κ3) is 5.24. The van der Waals surface area contributed by atoms with Crippen LogP contribution >= 0.6 is 11.6 Å². The van der Waals surface area contributed by atoms with Crippen molar-refractivity contribution in [3.63, 3.8) is 0 Å². The van der Waals surface area contributed by atoms with Gasteiger partial charge in [0.15, 0.2) is 0 Å². The molecule has 1 N–H and O–H groups in total. The molecule has 0 bridgehead atoms. The molecule has 3 aromatic carbocycles. The summed E-state index contributed by atoms with van der Waals surface area (Å²) in [7, 11) is 0. The number of benzene rings is 3. The predicted molar refractivity (Wildman–Crippen MR) is 141 cm³/mol. The summed E-state index contributed by atoms with van der Waals surface area (Å²) < 4.78 is 2.16. The number of fused-ring (bicyclic) bond motifs is 1. The van der Waals surface area contributed by atoms with Crippen LogP contribution in [0.15, 0.2) is 79.3 Å². The second kappa shape index (κ2) is 10.4. The number of nitrogens with one attached hydrogen (secondary N) is 1. The summed E-state index contributed by atoms with van der Waals surface area (Å²) in [4.78, 5) is 6.88. The molecule has 0 radical (unpaired) electrons. The highest BCUT2D eigenvalue weighted by atomic mass is 35.5. The van der Waals surface area contributed by atoms with Gasteiger partial charge in [-0.3, -0.25) is 0 Å². The molecule has 0 saturated heterocycles. The van der Waals surface area contributed by atoms with Crippen molar-refractivity contribution < 1.29 is 0 Å². The first kappa shape index (κ1) is 23.2. The zero-order valence-electron chi connectivity index (χ0n) is 19.8. The second-order valence-corrected chi connectivity index (χ2v) is 9.52. The van der Waals surface area contributed by atoms with Gasteiger partial charge in [-0.15, -0.1) is 0 Å². The van der Waals surface area contributed by atoms with Crippen LogP contribution in [0.1, 0.15) is 39.6 Å². The average molecular weight is 482 g/mol. The highest BCUT2D eigenvalue weighted by Gasteiger charge is 2.24. The van der Waals surface area contributed by atoms with Gasteiger partial charge in [0.25, 0.3) is 0 Å². The van der Waals surface area contributed by atoms with E-state index in [0.717, 1.165) is 42.3 Å². The van der Waals surface area contributed by atoms with E-state index >= 15 is 0 Å². The van der Waals surface area contributed by atoms with E-state index in [0.29, 0.717) is 12.1 Å². The van der Waals surface area contributed by atoms with Crippen LogP contribution in [-0.2, 0) is 19.5 Å². The van der Waals surface area contributed by atoms with Gasteiger partial charge in [0.2, 0.25) is 0 Å². The normalized spacial score (nSPS) is 15.3. The molecule has 1 atom stereocenters. The Morgan fingerprint density at radius 2 is 1.94 bits per heavy atom. The predicted octanol–water partition coefficient (Wildman–Crippen LogP) is 5.66. The Bertz CT molecular complexity index is 1350. The number of halogens is 1. The van der Waals surface area contributed by atoms with E-state index in [1.807, 2.05) is 48.9 Å². The molecule has 5 nitrogen and oxygen atoms in total. The lowest BCUT2D eigenvalue weighted by Crippen LogP contribution is -2.35. The number of nitrogens with zero attached hydrogens (tertiary/aromatic N) is 4. The summed E-state index contributed by atoms with van der Waals surface area (Å²) in [6.07, 6.45) is 4.81. The number of aromatic nitrogens is 2. The SMILES string of the molecule is Cc1cc(Cl)ccc1N1CCc2ccccc2C(NCc2cncn2Cc2ccc(C#N)cc2)C1. The molecule has 1 aromatic heterocycles. The molecular weight excluding hydrogens is 454 g/mol. The van der Waals surface area contributed by atoms with Gasteiger partial charge in [-0.05, 0) is 65.9 Å². The quantitative estimate of drug-likeness (QED) is 0.386. The number of anilines is 1. The fourth-order valence-corrected chi connectivity index (χ4v) is 5.11. The van der Waals surface area contributed by atoms with Gasteiger partial charge in [-0.1, -0.05) is 48.0 Å². The second-order valence-electron chi connectivity index (χ2n) is 9.08. The highest BCUT2D eigenvalue weighted by molar-refractivity contribution is 6.30. The van der Waals surface area contributed by atoms with E-state index in [1.54, 1.807) is 0 Å². The topological polar surface area (TPSA) is 56.9 Å². The molecule has 1 aliphatic rings. The van der Waals surface area contributed by atoms with E-state index in [1.165, 1.54) is 22.4 Å². The molecule has 2 heterocycles. The van der Waals surface area contributed by atoms with Gasteiger partial charge in [0, 0.05) is 43.1 Å². The number of nitriles is 1. The van der Waals surface area contributed by atoms with Gasteiger partial charge >= 0.3 is 0 Å². The van der Waals surface area contributed by atoms with Crippen molar-refractivity contribution in [2.75, 3.05) is 18.0 Å². The lowest BCUT2D eigenvalue weighted by Gasteiger charge is -2.29. The molecule has 0 aliphatic carbocycles. The number of hydrogen-bond acceptors (Lipinski definition) is 4. The van der Waals surface area contributed by atoms with Gasteiger partial charge < -0.3 is 14.8 Å². The maximum Gasteiger partial charge on any atom is 0.0991 e. The Balaban J connectivity index is 1.35. The average Bonchev–Trinajstić information content (AvgIpc) is 3.23. The maximum atomic E-state index is 9.05. The van der Waals surface area contributed by atoms with Gasteiger partial charge in [0.1, 0.15) is 0 Å². The Morgan fingerprint density at radius 3 is 2.74 bits per heavy atom. The third-order valence-corrected chi connectivity index (χ3v) is 6.98. The molecule has 5 rings (SSSR count). The molecule has 0 amide bonds. The van der Waals surface area contributed by atoms with Crippen LogP contribution in [0, 0.1) is 18.3 Å². The number of imidazole rings is 1. The molecule has 176 valence electrons. The zero-order chi connectivity index (χ0) is 24.2. The van der Waals surface area contributed by atoms with E-state index in [4.69, 9.17) is 16.9 Å². The van der Waals surface area contributed by atoms with E-state index < -0.39 is 0 Å². The summed E-state index contributed by atoms with van der Waals surface area (Å²) in [5.41, 5.74) is 8.14. The summed E-state index contributed by atoms with van der Waals surface area (Å²) in [5, 5.41) is 13.6. The minimum atomic E-state index is 0.182. The first-order valence-electron chi connectivity index (χ1n) is 11.9. The van der Waals surface area contributed by atoms with Crippen LogP contribution in [0.2, 0.25) is 5.02 Å². The molecule has 6 heteroatoms. The Morgan fingerprint density at radius 1 is 1.11 bits per heavy atom. The smallest absolute Gasteiger partial charge is 0.0991 e. The minimum Gasteiger partial charge on any atom is -0.369 e. The van der Waals surface area contributed by atoms with E-state index in [2.05, 4.69) is 63.1 Å². The largest absolute Gasteiger partial charge is 0.369 e. The fourth-order valence-electron chi connectivity index (χ4n) is 4.88. The van der Waals surface area contributed by atoms with Crippen LogP contribution in [0.3, 0.4) is 0 Å². The van der Waals surface area contributed by atoms with Crippen molar-refractivity contribution >= 4 is 17.3 Å². The van der Waals surface area contributed by atoms with E-state index in [-0.39, 0.29) is 6.04 Å².